The zero-order valence-corrected chi connectivity index (χ0v) is 16.1. The summed E-state index contributed by atoms with van der Waals surface area (Å²) in [6.45, 7) is 0.604. The van der Waals surface area contributed by atoms with Crippen LogP contribution in [0.15, 0.2) is 53.1 Å². The number of carbonyl (C=O) groups is 1. The lowest BCUT2D eigenvalue weighted by Crippen LogP contribution is -2.23. The van der Waals surface area contributed by atoms with Gasteiger partial charge in [0, 0.05) is 12.0 Å². The molecule has 3 aromatic rings. The number of hydrogen-bond acceptors (Lipinski definition) is 6. The minimum Gasteiger partial charge on any atom is -0.497 e. The quantitative estimate of drug-likeness (QED) is 0.547. The van der Waals surface area contributed by atoms with Crippen molar-refractivity contribution in [2.75, 3.05) is 13.7 Å². The third-order valence-corrected chi connectivity index (χ3v) is 4.23. The zero-order chi connectivity index (χ0) is 19.8. The lowest BCUT2D eigenvalue weighted by molar-refractivity contribution is -0.121. The van der Waals surface area contributed by atoms with E-state index in [2.05, 4.69) is 15.5 Å². The molecule has 7 nitrogen and oxygen atoms in total. The first-order valence-corrected chi connectivity index (χ1v) is 9.14. The monoisotopic (exact) mass is 401 g/mol. The fourth-order valence-electron chi connectivity index (χ4n) is 2.44. The highest BCUT2D eigenvalue weighted by molar-refractivity contribution is 6.33. The number of benzene rings is 2. The van der Waals surface area contributed by atoms with E-state index < -0.39 is 0 Å². The summed E-state index contributed by atoms with van der Waals surface area (Å²) < 4.78 is 15.8. The van der Waals surface area contributed by atoms with Gasteiger partial charge in [-0.2, -0.15) is 4.98 Å². The highest BCUT2D eigenvalue weighted by Gasteiger charge is 2.12. The molecule has 0 fully saturated rings. The summed E-state index contributed by atoms with van der Waals surface area (Å²) in [5, 5.41) is 7.19. The fraction of sp³-hybridized carbons (Fsp3) is 0.250. The summed E-state index contributed by atoms with van der Waals surface area (Å²) in [6.07, 6.45) is 0.925. The Bertz CT molecular complexity index is 912. The van der Waals surface area contributed by atoms with Crippen molar-refractivity contribution >= 4 is 17.5 Å². The van der Waals surface area contributed by atoms with Crippen LogP contribution < -0.4 is 14.8 Å². The summed E-state index contributed by atoms with van der Waals surface area (Å²) in [5.74, 6) is 2.10. The van der Waals surface area contributed by atoms with Crippen molar-refractivity contribution in [3.8, 4) is 22.9 Å². The molecule has 1 amide bonds. The number of nitrogens with one attached hydrogen (secondary N) is 1. The van der Waals surface area contributed by atoms with Crippen molar-refractivity contribution in [2.24, 2.45) is 0 Å². The number of amides is 1. The molecule has 28 heavy (non-hydrogen) atoms. The maximum atomic E-state index is 11.9. The predicted octanol–water partition coefficient (Wildman–Crippen LogP) is 3.87. The summed E-state index contributed by atoms with van der Waals surface area (Å²) in [6, 6.07) is 14.5. The van der Waals surface area contributed by atoms with Crippen molar-refractivity contribution in [1.82, 2.24) is 15.5 Å². The molecule has 0 atom stereocenters. The molecule has 0 aliphatic rings. The van der Waals surface area contributed by atoms with Gasteiger partial charge in [0.25, 0.3) is 0 Å². The summed E-state index contributed by atoms with van der Waals surface area (Å²) in [7, 11) is 1.61. The lowest BCUT2D eigenvalue weighted by atomic mass is 10.2. The molecular weight excluding hydrogens is 382 g/mol. The van der Waals surface area contributed by atoms with Crippen molar-refractivity contribution in [3.05, 3.63) is 59.4 Å². The van der Waals surface area contributed by atoms with Gasteiger partial charge in [-0.15, -0.1) is 0 Å². The number of methoxy groups -OCH3 is 1. The van der Waals surface area contributed by atoms with E-state index in [-0.39, 0.29) is 12.5 Å². The van der Waals surface area contributed by atoms with E-state index in [1.54, 1.807) is 19.2 Å². The second-order valence-electron chi connectivity index (χ2n) is 5.90. The number of ether oxygens (including phenoxy) is 2. The standard InChI is InChI=1S/C20H20ClN3O4/c1-26-14-8-10-15(11-9-14)27-12-4-7-18(25)22-13-19-23-20(24-28-19)16-5-2-3-6-17(16)21/h2-3,5-6,8-11H,4,7,12-13H2,1H3,(H,22,25). The molecule has 1 N–H and O–H groups in total. The first-order valence-electron chi connectivity index (χ1n) is 8.77. The van der Waals surface area contributed by atoms with Crippen LogP contribution >= 0.6 is 11.6 Å². The van der Waals surface area contributed by atoms with Crippen LogP contribution in [0.5, 0.6) is 11.5 Å². The van der Waals surface area contributed by atoms with Crippen LogP contribution in [0.4, 0.5) is 0 Å². The number of nitrogens with zero attached hydrogens (tertiary/aromatic N) is 2. The van der Waals surface area contributed by atoms with E-state index in [1.165, 1.54) is 0 Å². The molecule has 8 heteroatoms. The Hall–Kier alpha value is -3.06. The van der Waals surface area contributed by atoms with E-state index in [0.29, 0.717) is 41.7 Å². The van der Waals surface area contributed by atoms with E-state index in [9.17, 15) is 4.79 Å². The molecule has 0 unspecified atom stereocenters. The van der Waals surface area contributed by atoms with Crippen LogP contribution in [0.1, 0.15) is 18.7 Å². The van der Waals surface area contributed by atoms with Crippen LogP contribution in [0.25, 0.3) is 11.4 Å². The van der Waals surface area contributed by atoms with E-state index in [0.717, 1.165) is 11.5 Å². The van der Waals surface area contributed by atoms with Gasteiger partial charge in [0.05, 0.1) is 25.3 Å². The topological polar surface area (TPSA) is 86.5 Å². The normalized spacial score (nSPS) is 10.5. The highest BCUT2D eigenvalue weighted by atomic mass is 35.5. The number of hydrogen-bond donors (Lipinski definition) is 1. The van der Waals surface area contributed by atoms with Gasteiger partial charge in [-0.3, -0.25) is 4.79 Å². The van der Waals surface area contributed by atoms with Crippen molar-refractivity contribution in [3.63, 3.8) is 0 Å². The smallest absolute Gasteiger partial charge is 0.246 e. The Balaban J connectivity index is 1.38. The number of rotatable bonds is 9. The van der Waals surface area contributed by atoms with E-state index in [4.69, 9.17) is 25.6 Å². The molecule has 1 aromatic heterocycles. The largest absolute Gasteiger partial charge is 0.497 e. The molecule has 1 heterocycles. The van der Waals surface area contributed by atoms with Crippen LogP contribution in [-0.2, 0) is 11.3 Å². The third-order valence-electron chi connectivity index (χ3n) is 3.90. The zero-order valence-electron chi connectivity index (χ0n) is 15.4. The minimum absolute atomic E-state index is 0.115. The maximum Gasteiger partial charge on any atom is 0.246 e. The van der Waals surface area contributed by atoms with Crippen molar-refractivity contribution in [1.29, 1.82) is 0 Å². The molecule has 0 aliphatic heterocycles. The molecule has 0 saturated heterocycles. The molecule has 0 bridgehead atoms. The molecule has 0 saturated carbocycles. The molecule has 146 valence electrons. The average Bonchev–Trinajstić information content (AvgIpc) is 3.19. The Labute approximate surface area is 167 Å². The molecule has 0 radical (unpaired) electrons. The van der Waals surface area contributed by atoms with E-state index >= 15 is 0 Å². The summed E-state index contributed by atoms with van der Waals surface area (Å²) in [4.78, 5) is 16.2. The maximum absolute atomic E-state index is 11.9. The van der Waals surface area contributed by atoms with Crippen molar-refractivity contribution < 1.29 is 18.8 Å². The van der Waals surface area contributed by atoms with Gasteiger partial charge < -0.3 is 19.3 Å². The fourth-order valence-corrected chi connectivity index (χ4v) is 2.66. The van der Waals surface area contributed by atoms with Gasteiger partial charge in [0.15, 0.2) is 0 Å². The van der Waals surface area contributed by atoms with Crippen LogP contribution in [0, 0.1) is 0 Å². The van der Waals surface area contributed by atoms with Gasteiger partial charge in [0.2, 0.25) is 17.6 Å². The average molecular weight is 402 g/mol. The highest BCUT2D eigenvalue weighted by Crippen LogP contribution is 2.24. The molecule has 0 spiro atoms. The van der Waals surface area contributed by atoms with Crippen LogP contribution in [0.2, 0.25) is 5.02 Å². The first kappa shape index (κ1) is 19.7. The van der Waals surface area contributed by atoms with Gasteiger partial charge >= 0.3 is 0 Å². The van der Waals surface area contributed by atoms with Gasteiger partial charge in [0.1, 0.15) is 11.5 Å². The lowest BCUT2D eigenvalue weighted by Gasteiger charge is -2.07. The number of aromatic nitrogens is 2. The second kappa shape index (κ2) is 9.75. The Morgan fingerprint density at radius 1 is 1.14 bits per heavy atom. The molecule has 3 rings (SSSR count). The van der Waals surface area contributed by atoms with Gasteiger partial charge in [-0.25, -0.2) is 0 Å². The van der Waals surface area contributed by atoms with Gasteiger partial charge in [-0.1, -0.05) is 28.9 Å². The number of carbonyl (C=O) groups excluding carboxylic acids is 1. The predicted molar refractivity (Wildman–Crippen MR) is 104 cm³/mol. The Morgan fingerprint density at radius 3 is 2.64 bits per heavy atom. The Morgan fingerprint density at radius 2 is 1.89 bits per heavy atom. The van der Waals surface area contributed by atoms with Gasteiger partial charge in [-0.05, 0) is 42.8 Å². The van der Waals surface area contributed by atoms with Crippen LogP contribution in [-0.4, -0.2) is 29.8 Å². The number of halogens is 1. The second-order valence-corrected chi connectivity index (χ2v) is 6.30. The minimum atomic E-state index is -0.115. The summed E-state index contributed by atoms with van der Waals surface area (Å²) in [5.41, 5.74) is 0.682. The van der Waals surface area contributed by atoms with E-state index in [1.807, 2.05) is 36.4 Å². The molecule has 0 aliphatic carbocycles. The van der Waals surface area contributed by atoms with Crippen LogP contribution in [0.3, 0.4) is 0 Å². The first-order chi connectivity index (χ1) is 13.7. The Kier molecular flexibility index (Phi) is 6.86. The molecule has 2 aromatic carbocycles. The van der Waals surface area contributed by atoms with Crippen molar-refractivity contribution in [2.45, 2.75) is 19.4 Å². The third kappa shape index (κ3) is 5.47. The molecular formula is C20H20ClN3O4. The summed E-state index contributed by atoms with van der Waals surface area (Å²) >= 11 is 6.12. The SMILES string of the molecule is COc1ccc(OCCCC(=O)NCc2nc(-c3ccccc3Cl)no2)cc1.